The SMILES string of the molecule is Cc1nc(-c2nc(Cl)cs2)ncc1C(=O)Nn1cc(CC(F)F)c2cnccc21. The average Bonchev–Trinajstić information content (AvgIpc) is 3.26. The molecule has 11 heteroatoms. The molecule has 0 bridgehead atoms. The maximum atomic E-state index is 12.9. The Morgan fingerprint density at radius 2 is 2.17 bits per heavy atom. The minimum atomic E-state index is -2.51. The van der Waals surface area contributed by atoms with Crippen LogP contribution in [0, 0.1) is 6.92 Å². The number of amides is 1. The van der Waals surface area contributed by atoms with Crippen LogP contribution in [0.3, 0.4) is 0 Å². The van der Waals surface area contributed by atoms with Gasteiger partial charge in [0, 0.05) is 42.0 Å². The summed E-state index contributed by atoms with van der Waals surface area (Å²) in [5, 5.41) is 3.11. The summed E-state index contributed by atoms with van der Waals surface area (Å²) < 4.78 is 27.2. The molecule has 1 N–H and O–H groups in total. The molecular formula is C18H13ClF2N6OS. The monoisotopic (exact) mass is 434 g/mol. The maximum absolute atomic E-state index is 12.9. The number of alkyl halides is 2. The molecule has 0 aliphatic heterocycles. The van der Waals surface area contributed by atoms with Crippen molar-refractivity contribution in [3.05, 3.63) is 58.2 Å². The van der Waals surface area contributed by atoms with E-state index in [2.05, 4.69) is 25.4 Å². The van der Waals surface area contributed by atoms with Gasteiger partial charge >= 0.3 is 0 Å². The number of hydrogen-bond donors (Lipinski definition) is 1. The molecule has 1 amide bonds. The number of pyridine rings is 1. The first-order valence-electron chi connectivity index (χ1n) is 8.41. The summed E-state index contributed by atoms with van der Waals surface area (Å²) in [5.74, 6) is -0.101. The van der Waals surface area contributed by atoms with E-state index in [1.54, 1.807) is 18.4 Å². The highest BCUT2D eigenvalue weighted by atomic mass is 35.5. The lowest BCUT2D eigenvalue weighted by molar-refractivity contribution is 0.101. The minimum absolute atomic E-state index is 0.253. The second-order valence-corrected chi connectivity index (χ2v) is 7.37. The molecule has 4 aromatic heterocycles. The number of nitrogens with one attached hydrogen (secondary N) is 1. The van der Waals surface area contributed by atoms with E-state index in [9.17, 15) is 13.6 Å². The topological polar surface area (TPSA) is 85.6 Å². The number of nitrogens with zero attached hydrogens (tertiary/aromatic N) is 5. The van der Waals surface area contributed by atoms with Crippen LogP contribution in [0.1, 0.15) is 21.6 Å². The molecule has 0 atom stereocenters. The Morgan fingerprint density at radius 3 is 2.86 bits per heavy atom. The van der Waals surface area contributed by atoms with Gasteiger partial charge in [0.05, 0.1) is 16.8 Å². The number of aromatic nitrogens is 5. The second kappa shape index (κ2) is 7.80. The van der Waals surface area contributed by atoms with Gasteiger partial charge in [0.15, 0.2) is 10.8 Å². The number of carbonyl (C=O) groups excluding carboxylic acids is 1. The van der Waals surface area contributed by atoms with Crippen molar-refractivity contribution < 1.29 is 13.6 Å². The fourth-order valence-corrected chi connectivity index (χ4v) is 3.77. The fourth-order valence-electron chi connectivity index (χ4n) is 2.88. The van der Waals surface area contributed by atoms with Crippen LogP contribution in [-0.4, -0.2) is 36.9 Å². The lowest BCUT2D eigenvalue weighted by Crippen LogP contribution is -2.23. The summed E-state index contributed by atoms with van der Waals surface area (Å²) >= 11 is 7.13. The quantitative estimate of drug-likeness (QED) is 0.511. The van der Waals surface area contributed by atoms with Crippen molar-refractivity contribution >= 4 is 39.7 Å². The van der Waals surface area contributed by atoms with Crippen molar-refractivity contribution in [1.29, 1.82) is 0 Å². The summed E-state index contributed by atoms with van der Waals surface area (Å²) in [7, 11) is 0. The maximum Gasteiger partial charge on any atom is 0.273 e. The summed E-state index contributed by atoms with van der Waals surface area (Å²) in [6.07, 6.45) is 2.96. The Bertz CT molecular complexity index is 1210. The normalized spacial score (nSPS) is 11.3. The third kappa shape index (κ3) is 3.94. The van der Waals surface area contributed by atoms with Crippen LogP contribution in [0.5, 0.6) is 0 Å². The van der Waals surface area contributed by atoms with Crippen molar-refractivity contribution in [2.24, 2.45) is 0 Å². The zero-order chi connectivity index (χ0) is 20.5. The summed E-state index contributed by atoms with van der Waals surface area (Å²) in [6, 6.07) is 1.64. The van der Waals surface area contributed by atoms with Crippen LogP contribution in [0.4, 0.5) is 8.78 Å². The predicted molar refractivity (Wildman–Crippen MR) is 106 cm³/mol. The molecule has 0 unspecified atom stereocenters. The number of hydrogen-bond acceptors (Lipinski definition) is 6. The lowest BCUT2D eigenvalue weighted by atomic mass is 10.2. The lowest BCUT2D eigenvalue weighted by Gasteiger charge is -2.09. The average molecular weight is 435 g/mol. The Kier molecular flexibility index (Phi) is 5.20. The van der Waals surface area contributed by atoms with Gasteiger partial charge in [-0.05, 0) is 18.6 Å². The van der Waals surface area contributed by atoms with Crippen molar-refractivity contribution in [2.75, 3.05) is 5.43 Å². The first kappa shape index (κ1) is 19.3. The van der Waals surface area contributed by atoms with Crippen molar-refractivity contribution in [3.63, 3.8) is 0 Å². The first-order valence-corrected chi connectivity index (χ1v) is 9.66. The number of rotatable bonds is 5. The van der Waals surface area contributed by atoms with E-state index >= 15 is 0 Å². The van der Waals surface area contributed by atoms with Crippen molar-refractivity contribution in [2.45, 2.75) is 19.8 Å². The standard InChI is InChI=1S/C18H13ClF2N6OS/c1-9-11(6-23-16(24-9)18-25-14(19)8-29-18)17(28)26-27-7-10(4-15(20)21)12-5-22-3-2-13(12)27/h2-3,5-8,15H,4H2,1H3,(H,26,28). The Hall–Kier alpha value is -2.98. The molecule has 4 rings (SSSR count). The second-order valence-electron chi connectivity index (χ2n) is 6.12. The molecule has 29 heavy (non-hydrogen) atoms. The highest BCUT2D eigenvalue weighted by Gasteiger charge is 2.18. The van der Waals surface area contributed by atoms with Crippen LogP contribution in [0.15, 0.2) is 36.2 Å². The van der Waals surface area contributed by atoms with Crippen LogP contribution in [0.2, 0.25) is 5.15 Å². The first-order chi connectivity index (χ1) is 13.9. The molecule has 0 aliphatic carbocycles. The molecule has 0 aliphatic rings. The van der Waals surface area contributed by atoms with Gasteiger partial charge in [0.2, 0.25) is 6.43 Å². The predicted octanol–water partition coefficient (Wildman–Crippen LogP) is 4.10. The van der Waals surface area contributed by atoms with Gasteiger partial charge in [-0.25, -0.2) is 23.7 Å². The number of halogens is 3. The van der Waals surface area contributed by atoms with Crippen LogP contribution < -0.4 is 5.43 Å². The summed E-state index contributed by atoms with van der Waals surface area (Å²) in [6.45, 7) is 1.68. The van der Waals surface area contributed by atoms with Crippen LogP contribution in [-0.2, 0) is 6.42 Å². The number of carbonyl (C=O) groups is 1. The van der Waals surface area contributed by atoms with Crippen LogP contribution in [0.25, 0.3) is 21.7 Å². The third-order valence-corrected chi connectivity index (χ3v) is 5.34. The number of fused-ring (bicyclic) bond motifs is 1. The van der Waals surface area contributed by atoms with E-state index in [4.69, 9.17) is 11.6 Å². The van der Waals surface area contributed by atoms with Gasteiger partial charge in [-0.1, -0.05) is 11.6 Å². The van der Waals surface area contributed by atoms with E-state index in [1.165, 1.54) is 40.8 Å². The third-order valence-electron chi connectivity index (χ3n) is 4.18. The van der Waals surface area contributed by atoms with Crippen LogP contribution >= 0.6 is 22.9 Å². The van der Waals surface area contributed by atoms with Gasteiger partial charge in [0.25, 0.3) is 5.91 Å². The van der Waals surface area contributed by atoms with Crippen molar-refractivity contribution in [3.8, 4) is 10.8 Å². The van der Waals surface area contributed by atoms with Gasteiger partial charge < -0.3 is 0 Å². The van der Waals surface area contributed by atoms with E-state index in [-0.39, 0.29) is 5.56 Å². The highest BCUT2D eigenvalue weighted by Crippen LogP contribution is 2.24. The van der Waals surface area contributed by atoms with E-state index in [0.29, 0.717) is 38.1 Å². The van der Waals surface area contributed by atoms with E-state index in [0.717, 1.165) is 0 Å². The van der Waals surface area contributed by atoms with Crippen molar-refractivity contribution in [1.82, 2.24) is 24.6 Å². The molecule has 0 spiro atoms. The molecule has 148 valence electrons. The Labute approximate surface area is 172 Å². The molecule has 0 aromatic carbocycles. The molecule has 0 saturated heterocycles. The molecule has 4 heterocycles. The molecule has 0 saturated carbocycles. The Balaban J connectivity index is 1.63. The molecule has 7 nitrogen and oxygen atoms in total. The molecule has 0 fully saturated rings. The zero-order valence-electron chi connectivity index (χ0n) is 14.9. The zero-order valence-corrected chi connectivity index (χ0v) is 16.5. The van der Waals surface area contributed by atoms with E-state index < -0.39 is 18.8 Å². The molecule has 0 radical (unpaired) electrons. The van der Waals surface area contributed by atoms with Gasteiger partial charge in [0.1, 0.15) is 5.15 Å². The number of thiazole rings is 1. The largest absolute Gasteiger partial charge is 0.273 e. The molecule has 4 aromatic rings. The minimum Gasteiger partial charge on any atom is -0.267 e. The summed E-state index contributed by atoms with van der Waals surface area (Å²) in [4.78, 5) is 29.4. The molecular weight excluding hydrogens is 422 g/mol. The smallest absolute Gasteiger partial charge is 0.267 e. The highest BCUT2D eigenvalue weighted by molar-refractivity contribution is 7.13. The summed E-state index contributed by atoms with van der Waals surface area (Å²) in [5.41, 5.74) is 4.35. The van der Waals surface area contributed by atoms with Gasteiger partial charge in [-0.2, -0.15) is 0 Å². The fraction of sp³-hybridized carbons (Fsp3) is 0.167. The van der Waals surface area contributed by atoms with E-state index in [1.807, 2.05) is 0 Å². The Morgan fingerprint density at radius 1 is 1.34 bits per heavy atom. The van der Waals surface area contributed by atoms with Gasteiger partial charge in [-0.15, -0.1) is 11.3 Å². The van der Waals surface area contributed by atoms with Gasteiger partial charge in [-0.3, -0.25) is 19.9 Å². The number of aryl methyl sites for hydroxylation is 1.